The molecule has 0 atom stereocenters. The van der Waals surface area contributed by atoms with Gasteiger partial charge in [-0.3, -0.25) is 9.97 Å². The second-order valence-corrected chi connectivity index (χ2v) is 6.76. The van der Waals surface area contributed by atoms with Crippen molar-refractivity contribution in [2.45, 2.75) is 39.0 Å². The number of likely N-dealkylation sites (tertiary alicyclic amines) is 1. The van der Waals surface area contributed by atoms with E-state index in [0.29, 0.717) is 12.4 Å². The minimum atomic E-state index is 0.693. The van der Waals surface area contributed by atoms with Crippen molar-refractivity contribution in [1.82, 2.24) is 14.9 Å². The number of aryl methyl sites for hydroxylation is 1. The summed E-state index contributed by atoms with van der Waals surface area (Å²) in [5, 5.41) is 0. The van der Waals surface area contributed by atoms with Crippen LogP contribution in [0.15, 0.2) is 30.6 Å². The first-order valence-electron chi connectivity index (χ1n) is 9.60. The van der Waals surface area contributed by atoms with Gasteiger partial charge in [0.05, 0.1) is 19.9 Å². The van der Waals surface area contributed by atoms with Crippen molar-refractivity contribution >= 4 is 0 Å². The van der Waals surface area contributed by atoms with Crippen LogP contribution in [0.4, 0.5) is 0 Å². The Bertz CT molecular complexity index is 699. The van der Waals surface area contributed by atoms with Crippen molar-refractivity contribution in [3.05, 3.63) is 47.5 Å². The molecule has 0 radical (unpaired) electrons. The van der Waals surface area contributed by atoms with Crippen LogP contribution in [0, 0.1) is 0 Å². The topological polar surface area (TPSA) is 47.5 Å². The van der Waals surface area contributed by atoms with Gasteiger partial charge in [-0.1, -0.05) is 6.92 Å². The van der Waals surface area contributed by atoms with E-state index in [0.717, 1.165) is 42.9 Å². The zero-order valence-electron chi connectivity index (χ0n) is 15.9. The molecular formula is C21H29N3O2. The summed E-state index contributed by atoms with van der Waals surface area (Å²) >= 11 is 0. The van der Waals surface area contributed by atoms with Crippen molar-refractivity contribution in [2.24, 2.45) is 0 Å². The summed E-state index contributed by atoms with van der Waals surface area (Å²) in [6.07, 6.45) is 9.03. The molecular weight excluding hydrogens is 326 g/mol. The lowest BCUT2D eigenvalue weighted by molar-refractivity contribution is 0.253. The molecule has 26 heavy (non-hydrogen) atoms. The molecule has 1 aliphatic heterocycles. The highest BCUT2D eigenvalue weighted by atomic mass is 16.5. The normalized spacial score (nSPS) is 14.5. The Morgan fingerprint density at radius 2 is 1.92 bits per heavy atom. The van der Waals surface area contributed by atoms with Gasteiger partial charge in [-0.2, -0.15) is 0 Å². The lowest BCUT2D eigenvalue weighted by atomic mass is 10.1. The second-order valence-electron chi connectivity index (χ2n) is 6.76. The summed E-state index contributed by atoms with van der Waals surface area (Å²) in [5.41, 5.74) is 3.30. The van der Waals surface area contributed by atoms with Crippen LogP contribution in [0.1, 0.15) is 43.1 Å². The SMILES string of the molecule is CCc1cc(Cc2cc(OCCCN3CCCC3)c(OC)cn2)ccn1. The number of hydrogen-bond acceptors (Lipinski definition) is 5. The van der Waals surface area contributed by atoms with E-state index in [2.05, 4.69) is 27.9 Å². The van der Waals surface area contributed by atoms with Crippen molar-refractivity contribution in [1.29, 1.82) is 0 Å². The van der Waals surface area contributed by atoms with Gasteiger partial charge >= 0.3 is 0 Å². The summed E-state index contributed by atoms with van der Waals surface area (Å²) in [5.74, 6) is 1.47. The van der Waals surface area contributed by atoms with Gasteiger partial charge < -0.3 is 14.4 Å². The Hall–Kier alpha value is -2.14. The summed E-state index contributed by atoms with van der Waals surface area (Å²) < 4.78 is 11.4. The van der Waals surface area contributed by atoms with E-state index in [1.807, 2.05) is 18.3 Å². The van der Waals surface area contributed by atoms with Crippen LogP contribution >= 0.6 is 0 Å². The molecule has 1 fully saturated rings. The first-order valence-corrected chi connectivity index (χ1v) is 9.60. The van der Waals surface area contributed by atoms with Gasteiger partial charge in [0.1, 0.15) is 0 Å². The minimum absolute atomic E-state index is 0.693. The fraction of sp³-hybridized carbons (Fsp3) is 0.524. The molecule has 1 saturated heterocycles. The minimum Gasteiger partial charge on any atom is -0.491 e. The largest absolute Gasteiger partial charge is 0.491 e. The van der Waals surface area contributed by atoms with Gasteiger partial charge in [-0.05, 0) is 56.5 Å². The Morgan fingerprint density at radius 1 is 1.08 bits per heavy atom. The molecule has 3 heterocycles. The van der Waals surface area contributed by atoms with Crippen LogP contribution in [-0.4, -0.2) is 48.2 Å². The molecule has 0 N–H and O–H groups in total. The number of nitrogens with zero attached hydrogens (tertiary/aromatic N) is 3. The predicted molar refractivity (Wildman–Crippen MR) is 103 cm³/mol. The third-order valence-corrected chi connectivity index (χ3v) is 4.81. The third-order valence-electron chi connectivity index (χ3n) is 4.81. The fourth-order valence-corrected chi connectivity index (χ4v) is 3.34. The first kappa shape index (κ1) is 18.6. The molecule has 0 bridgehead atoms. The van der Waals surface area contributed by atoms with Gasteiger partial charge in [0.15, 0.2) is 11.5 Å². The highest BCUT2D eigenvalue weighted by Gasteiger charge is 2.12. The Balaban J connectivity index is 1.59. The maximum atomic E-state index is 6.01. The molecule has 2 aromatic heterocycles. The Kier molecular flexibility index (Phi) is 6.83. The summed E-state index contributed by atoms with van der Waals surface area (Å²) in [7, 11) is 1.66. The van der Waals surface area contributed by atoms with E-state index >= 15 is 0 Å². The van der Waals surface area contributed by atoms with E-state index in [1.54, 1.807) is 13.3 Å². The molecule has 0 spiro atoms. The van der Waals surface area contributed by atoms with Crippen LogP contribution in [0.25, 0.3) is 0 Å². The zero-order chi connectivity index (χ0) is 18.2. The van der Waals surface area contributed by atoms with Crippen molar-refractivity contribution in [3.8, 4) is 11.5 Å². The molecule has 0 aromatic carbocycles. The van der Waals surface area contributed by atoms with E-state index in [1.165, 1.54) is 31.5 Å². The molecule has 3 rings (SSSR count). The highest BCUT2D eigenvalue weighted by Crippen LogP contribution is 2.27. The number of aromatic nitrogens is 2. The standard InChI is InChI=1S/C21H29N3O2/c1-3-18-13-17(7-8-22-18)14-19-15-20(21(25-2)16-23-19)26-12-6-11-24-9-4-5-10-24/h7-8,13,15-16H,3-6,9-12,14H2,1-2H3. The molecule has 140 valence electrons. The van der Waals surface area contributed by atoms with E-state index in [4.69, 9.17) is 9.47 Å². The fourth-order valence-electron chi connectivity index (χ4n) is 3.34. The Morgan fingerprint density at radius 3 is 2.69 bits per heavy atom. The zero-order valence-corrected chi connectivity index (χ0v) is 15.9. The number of hydrogen-bond donors (Lipinski definition) is 0. The quantitative estimate of drug-likeness (QED) is 0.644. The lowest BCUT2D eigenvalue weighted by Crippen LogP contribution is -2.22. The smallest absolute Gasteiger partial charge is 0.179 e. The van der Waals surface area contributed by atoms with Gasteiger partial charge in [-0.15, -0.1) is 0 Å². The van der Waals surface area contributed by atoms with Crippen LogP contribution in [-0.2, 0) is 12.8 Å². The maximum absolute atomic E-state index is 6.01. The first-order chi connectivity index (χ1) is 12.8. The molecule has 2 aromatic rings. The predicted octanol–water partition coefficient (Wildman–Crippen LogP) is 3.50. The van der Waals surface area contributed by atoms with Crippen molar-refractivity contribution in [3.63, 3.8) is 0 Å². The molecule has 5 heteroatoms. The van der Waals surface area contributed by atoms with E-state index in [9.17, 15) is 0 Å². The number of methoxy groups -OCH3 is 1. The van der Waals surface area contributed by atoms with E-state index in [-0.39, 0.29) is 0 Å². The average Bonchev–Trinajstić information content (AvgIpc) is 3.19. The third kappa shape index (κ3) is 5.18. The lowest BCUT2D eigenvalue weighted by Gasteiger charge is -2.15. The number of pyridine rings is 2. The molecule has 0 amide bonds. The molecule has 0 unspecified atom stereocenters. The van der Waals surface area contributed by atoms with E-state index < -0.39 is 0 Å². The van der Waals surface area contributed by atoms with Crippen LogP contribution < -0.4 is 9.47 Å². The molecule has 1 aliphatic rings. The monoisotopic (exact) mass is 355 g/mol. The van der Waals surface area contributed by atoms with Gasteiger partial charge in [0.2, 0.25) is 0 Å². The van der Waals surface area contributed by atoms with Crippen LogP contribution in [0.3, 0.4) is 0 Å². The number of rotatable bonds is 9. The van der Waals surface area contributed by atoms with Crippen LogP contribution in [0.5, 0.6) is 11.5 Å². The summed E-state index contributed by atoms with van der Waals surface area (Å²) in [6, 6.07) is 6.19. The second kappa shape index (κ2) is 9.53. The average molecular weight is 355 g/mol. The van der Waals surface area contributed by atoms with Crippen LogP contribution in [0.2, 0.25) is 0 Å². The summed E-state index contributed by atoms with van der Waals surface area (Å²) in [4.78, 5) is 11.4. The van der Waals surface area contributed by atoms with Gasteiger partial charge in [0, 0.05) is 36.6 Å². The van der Waals surface area contributed by atoms with Crippen molar-refractivity contribution < 1.29 is 9.47 Å². The highest BCUT2D eigenvalue weighted by molar-refractivity contribution is 5.40. The van der Waals surface area contributed by atoms with Crippen molar-refractivity contribution in [2.75, 3.05) is 33.4 Å². The maximum Gasteiger partial charge on any atom is 0.179 e. The molecule has 0 aliphatic carbocycles. The Labute approximate surface area is 156 Å². The molecule has 5 nitrogen and oxygen atoms in total. The molecule has 0 saturated carbocycles. The number of ether oxygens (including phenoxy) is 2. The van der Waals surface area contributed by atoms with Gasteiger partial charge in [0.25, 0.3) is 0 Å². The van der Waals surface area contributed by atoms with Gasteiger partial charge in [-0.25, -0.2) is 0 Å². The summed E-state index contributed by atoms with van der Waals surface area (Å²) in [6.45, 7) is 6.39.